The van der Waals surface area contributed by atoms with Gasteiger partial charge in [-0.15, -0.1) is 12.4 Å². The Labute approximate surface area is 129 Å². The van der Waals surface area contributed by atoms with Crippen LogP contribution in [0.25, 0.3) is 0 Å². The summed E-state index contributed by atoms with van der Waals surface area (Å²) in [4.78, 5) is 0. The fourth-order valence-corrected chi connectivity index (χ4v) is 2.07. The van der Waals surface area contributed by atoms with Crippen molar-refractivity contribution in [2.24, 2.45) is 11.1 Å². The van der Waals surface area contributed by atoms with Crippen molar-refractivity contribution in [3.8, 4) is 5.75 Å². The third-order valence-corrected chi connectivity index (χ3v) is 3.45. The average molecular weight is 379 g/mol. The maximum Gasteiger partial charge on any atom is 0.420 e. The van der Waals surface area contributed by atoms with E-state index >= 15 is 0 Å². The smallest absolute Gasteiger partial charge is 0.420 e. The summed E-state index contributed by atoms with van der Waals surface area (Å²) >= 11 is 2.97. The molecule has 0 radical (unpaired) electrons. The summed E-state index contributed by atoms with van der Waals surface area (Å²) < 4.78 is 38.5. The molecule has 1 rings (SSSR count). The predicted molar refractivity (Wildman–Crippen MR) is 75.9 cm³/mol. The van der Waals surface area contributed by atoms with Gasteiger partial charge >= 0.3 is 6.18 Å². The van der Waals surface area contributed by atoms with Gasteiger partial charge in [-0.05, 0) is 12.1 Å². The molecule has 0 aliphatic rings. The third kappa shape index (κ3) is 4.00. The van der Waals surface area contributed by atoms with E-state index in [4.69, 9.17) is 5.73 Å². The van der Waals surface area contributed by atoms with Crippen LogP contribution in [0.15, 0.2) is 16.6 Å². The zero-order valence-electron chi connectivity index (χ0n) is 10.8. The Balaban J connectivity index is 0.00000361. The molecule has 0 aromatic heterocycles. The molecule has 0 unspecified atom stereocenters. The molecule has 0 aliphatic heterocycles. The molecule has 0 amide bonds. The van der Waals surface area contributed by atoms with Gasteiger partial charge in [0.1, 0.15) is 5.75 Å². The number of nitrogens with two attached hydrogens (primary N) is 1. The summed E-state index contributed by atoms with van der Waals surface area (Å²) in [5.41, 5.74) is 3.79. The third-order valence-electron chi connectivity index (χ3n) is 2.99. The number of hydrogen-bond donors (Lipinski definition) is 3. The minimum Gasteiger partial charge on any atom is -0.507 e. The Morgan fingerprint density at radius 1 is 1.30 bits per heavy atom. The van der Waals surface area contributed by atoms with Gasteiger partial charge in [-0.3, -0.25) is 0 Å². The second-order valence-corrected chi connectivity index (χ2v) is 5.93. The number of phenols is 1. The Hall–Kier alpha value is -0.500. The Kier molecular flexibility index (Phi) is 6.35. The van der Waals surface area contributed by atoms with Gasteiger partial charge in [-0.2, -0.15) is 13.2 Å². The molecule has 1 aromatic rings. The maximum absolute atomic E-state index is 12.8. The zero-order chi connectivity index (χ0) is 15.0. The van der Waals surface area contributed by atoms with E-state index in [2.05, 4.69) is 15.9 Å². The highest BCUT2D eigenvalue weighted by Crippen LogP contribution is 2.44. The molecule has 0 bridgehead atoms. The van der Waals surface area contributed by atoms with E-state index in [9.17, 15) is 23.4 Å². The lowest BCUT2D eigenvalue weighted by molar-refractivity contribution is -0.138. The van der Waals surface area contributed by atoms with E-state index in [1.165, 1.54) is 6.07 Å². The highest BCUT2D eigenvalue weighted by atomic mass is 79.9. The molecule has 0 fully saturated rings. The number of aliphatic hydroxyl groups excluding tert-OH is 1. The summed E-state index contributed by atoms with van der Waals surface area (Å²) in [5, 5.41) is 19.0. The molecule has 0 saturated carbocycles. The summed E-state index contributed by atoms with van der Waals surface area (Å²) in [6.45, 7) is 2.89. The molecule has 20 heavy (non-hydrogen) atoms. The van der Waals surface area contributed by atoms with Gasteiger partial charge < -0.3 is 15.9 Å². The van der Waals surface area contributed by atoms with Gasteiger partial charge in [0, 0.05) is 28.1 Å². The van der Waals surface area contributed by atoms with Crippen LogP contribution in [-0.4, -0.2) is 16.8 Å². The lowest BCUT2D eigenvalue weighted by atomic mass is 9.81. The summed E-state index contributed by atoms with van der Waals surface area (Å²) in [6.07, 6.45) is -4.67. The van der Waals surface area contributed by atoms with Crippen molar-refractivity contribution in [1.82, 2.24) is 0 Å². The van der Waals surface area contributed by atoms with Gasteiger partial charge in [-0.1, -0.05) is 29.8 Å². The van der Waals surface area contributed by atoms with E-state index in [-0.39, 0.29) is 29.1 Å². The van der Waals surface area contributed by atoms with E-state index < -0.39 is 28.9 Å². The molecule has 1 aromatic carbocycles. The number of halogens is 5. The second kappa shape index (κ2) is 6.51. The van der Waals surface area contributed by atoms with Crippen molar-refractivity contribution in [3.05, 3.63) is 27.7 Å². The number of phenolic OH excluding ortho intramolecular Hbond substituents is 1. The van der Waals surface area contributed by atoms with Crippen LogP contribution in [0.3, 0.4) is 0 Å². The van der Waals surface area contributed by atoms with Gasteiger partial charge in [0.15, 0.2) is 0 Å². The quantitative estimate of drug-likeness (QED) is 0.753. The minimum atomic E-state index is -4.67. The number of benzene rings is 1. The Morgan fingerprint density at radius 2 is 1.80 bits per heavy atom. The molecule has 3 nitrogen and oxygen atoms in total. The lowest BCUT2D eigenvalue weighted by Gasteiger charge is -2.31. The van der Waals surface area contributed by atoms with Crippen molar-refractivity contribution in [2.75, 3.05) is 6.61 Å². The van der Waals surface area contributed by atoms with Crippen LogP contribution in [0.2, 0.25) is 0 Å². The van der Waals surface area contributed by atoms with Crippen molar-refractivity contribution < 1.29 is 23.4 Å². The molecular formula is C12H16BrClF3NO2. The van der Waals surface area contributed by atoms with Gasteiger partial charge in [0.05, 0.1) is 5.56 Å². The number of alkyl halides is 3. The highest BCUT2D eigenvalue weighted by Gasteiger charge is 2.38. The molecule has 4 N–H and O–H groups in total. The molecule has 116 valence electrons. The fraction of sp³-hybridized carbons (Fsp3) is 0.500. The summed E-state index contributed by atoms with van der Waals surface area (Å²) in [5.74, 6) is -0.898. The number of rotatable bonds is 3. The predicted octanol–water partition coefficient (Wildman–Crippen LogP) is 3.61. The van der Waals surface area contributed by atoms with Crippen LogP contribution in [0.1, 0.15) is 31.0 Å². The molecule has 0 saturated heterocycles. The van der Waals surface area contributed by atoms with E-state index in [0.717, 1.165) is 6.07 Å². The maximum atomic E-state index is 12.8. The first kappa shape index (κ1) is 19.5. The first-order valence-corrected chi connectivity index (χ1v) is 6.26. The molecule has 1 atom stereocenters. The number of aromatic hydroxyl groups is 1. The summed E-state index contributed by atoms with van der Waals surface area (Å²) in [6, 6.07) is 1.18. The van der Waals surface area contributed by atoms with E-state index in [1.807, 2.05) is 0 Å². The number of hydrogen-bond acceptors (Lipinski definition) is 3. The van der Waals surface area contributed by atoms with Gasteiger partial charge in [0.2, 0.25) is 0 Å². The van der Waals surface area contributed by atoms with Crippen LogP contribution < -0.4 is 5.73 Å². The van der Waals surface area contributed by atoms with Crippen molar-refractivity contribution in [3.63, 3.8) is 0 Å². The van der Waals surface area contributed by atoms with Crippen LogP contribution in [0.4, 0.5) is 13.2 Å². The second-order valence-electron chi connectivity index (χ2n) is 5.01. The Bertz CT molecular complexity index is 481. The molecule has 8 heteroatoms. The first-order valence-electron chi connectivity index (χ1n) is 5.46. The largest absolute Gasteiger partial charge is 0.507 e. The average Bonchev–Trinajstić information content (AvgIpc) is 2.29. The van der Waals surface area contributed by atoms with Gasteiger partial charge in [-0.25, -0.2) is 0 Å². The molecule has 0 spiro atoms. The summed E-state index contributed by atoms with van der Waals surface area (Å²) in [7, 11) is 0. The van der Waals surface area contributed by atoms with Crippen LogP contribution in [-0.2, 0) is 6.18 Å². The monoisotopic (exact) mass is 377 g/mol. The topological polar surface area (TPSA) is 66.5 Å². The van der Waals surface area contributed by atoms with Crippen LogP contribution in [0.5, 0.6) is 5.75 Å². The van der Waals surface area contributed by atoms with Crippen molar-refractivity contribution in [2.45, 2.75) is 26.1 Å². The van der Waals surface area contributed by atoms with Gasteiger partial charge in [0.25, 0.3) is 0 Å². The van der Waals surface area contributed by atoms with Crippen LogP contribution in [0, 0.1) is 5.41 Å². The standard InChI is InChI=1S/C12H15BrF3NO2.ClH/c1-11(2,5-18)10(17)7-3-6(13)4-8(9(7)19)12(14,15)16;/h3-4,10,18-19H,5,17H2,1-2H3;1H/t10-;/m1./s1. The Morgan fingerprint density at radius 3 is 2.20 bits per heavy atom. The molecule has 0 heterocycles. The van der Waals surface area contributed by atoms with E-state index in [1.54, 1.807) is 13.8 Å². The first-order chi connectivity index (χ1) is 8.50. The SMILES string of the molecule is CC(C)(CO)[C@H](N)c1cc(Br)cc(C(F)(F)F)c1O.Cl. The molecule has 0 aliphatic carbocycles. The normalized spacial score (nSPS) is 13.8. The van der Waals surface area contributed by atoms with Crippen molar-refractivity contribution in [1.29, 1.82) is 0 Å². The molecular weight excluding hydrogens is 362 g/mol. The van der Waals surface area contributed by atoms with Crippen LogP contribution >= 0.6 is 28.3 Å². The zero-order valence-corrected chi connectivity index (χ0v) is 13.2. The fourth-order valence-electron chi connectivity index (χ4n) is 1.59. The van der Waals surface area contributed by atoms with Crippen molar-refractivity contribution >= 4 is 28.3 Å². The van der Waals surface area contributed by atoms with E-state index in [0.29, 0.717) is 0 Å². The highest BCUT2D eigenvalue weighted by molar-refractivity contribution is 9.10. The number of aliphatic hydroxyl groups is 1. The minimum absolute atomic E-state index is 0. The lowest BCUT2D eigenvalue weighted by Crippen LogP contribution is -2.32.